The van der Waals surface area contributed by atoms with E-state index in [9.17, 15) is 27.9 Å². The molecule has 2 aromatic rings. The lowest BCUT2D eigenvalue weighted by atomic mass is 9.77. The van der Waals surface area contributed by atoms with Crippen molar-refractivity contribution in [1.82, 2.24) is 15.1 Å². The number of nitrogens with zero attached hydrogens (tertiary/aromatic N) is 2. The first-order valence-electron chi connectivity index (χ1n) is 12.9. The van der Waals surface area contributed by atoms with Crippen LogP contribution in [0.2, 0.25) is 0 Å². The van der Waals surface area contributed by atoms with Gasteiger partial charge in [0.25, 0.3) is 5.91 Å². The van der Waals surface area contributed by atoms with Gasteiger partial charge in [-0.2, -0.15) is 13.2 Å². The molecule has 2 aliphatic heterocycles. The average Bonchev–Trinajstić information content (AvgIpc) is 3.50. The predicted molar refractivity (Wildman–Crippen MR) is 132 cm³/mol. The number of fused-ring (bicyclic) bond motifs is 1. The minimum absolute atomic E-state index is 0.0768. The fourth-order valence-corrected chi connectivity index (χ4v) is 6.43. The number of carbonyl (C=O) groups excluding carboxylic acids is 2. The molecule has 3 aliphatic rings. The van der Waals surface area contributed by atoms with Crippen LogP contribution in [-0.2, 0) is 16.6 Å². The molecule has 198 valence electrons. The molecular weight excluding hydrogens is 483 g/mol. The van der Waals surface area contributed by atoms with Crippen LogP contribution in [0, 0.1) is 0 Å². The SMILES string of the molecule is O=C(NCC(=O)N1CC[C@H]2[C@@H]1CCN2C1CCC(O)(c2ccccc2)CC1)c1cccc(C(F)(F)F)c1. The molecule has 0 radical (unpaired) electrons. The lowest BCUT2D eigenvalue weighted by molar-refractivity contribution is -0.137. The number of amides is 2. The highest BCUT2D eigenvalue weighted by Crippen LogP contribution is 2.42. The number of nitrogens with one attached hydrogen (secondary N) is 1. The second kappa shape index (κ2) is 10.1. The average molecular weight is 516 g/mol. The maximum atomic E-state index is 13.0. The molecule has 0 bridgehead atoms. The molecule has 2 saturated heterocycles. The van der Waals surface area contributed by atoms with Gasteiger partial charge in [-0.05, 0) is 62.3 Å². The minimum Gasteiger partial charge on any atom is -0.385 e. The molecule has 0 aromatic heterocycles. The number of rotatable bonds is 5. The Balaban J connectivity index is 1.14. The van der Waals surface area contributed by atoms with E-state index >= 15 is 0 Å². The summed E-state index contributed by atoms with van der Waals surface area (Å²) in [4.78, 5) is 29.7. The van der Waals surface area contributed by atoms with E-state index in [0.717, 1.165) is 49.9 Å². The van der Waals surface area contributed by atoms with Crippen LogP contribution in [0.15, 0.2) is 54.6 Å². The molecule has 2 atom stereocenters. The number of halogens is 3. The smallest absolute Gasteiger partial charge is 0.385 e. The molecule has 3 fully saturated rings. The number of aliphatic hydroxyl groups is 1. The van der Waals surface area contributed by atoms with Gasteiger partial charge in [0.05, 0.1) is 17.7 Å². The van der Waals surface area contributed by atoms with Crippen molar-refractivity contribution in [3.05, 3.63) is 71.3 Å². The maximum absolute atomic E-state index is 13.0. The van der Waals surface area contributed by atoms with Crippen molar-refractivity contribution in [2.45, 2.75) is 68.4 Å². The zero-order valence-electron chi connectivity index (χ0n) is 20.6. The minimum atomic E-state index is -4.54. The van der Waals surface area contributed by atoms with Crippen molar-refractivity contribution in [1.29, 1.82) is 0 Å². The van der Waals surface area contributed by atoms with Gasteiger partial charge in [-0.15, -0.1) is 0 Å². The molecule has 2 aromatic carbocycles. The van der Waals surface area contributed by atoms with Gasteiger partial charge in [0.1, 0.15) is 0 Å². The molecule has 37 heavy (non-hydrogen) atoms. The van der Waals surface area contributed by atoms with Gasteiger partial charge in [-0.25, -0.2) is 0 Å². The van der Waals surface area contributed by atoms with E-state index in [-0.39, 0.29) is 30.1 Å². The number of alkyl halides is 3. The highest BCUT2D eigenvalue weighted by Gasteiger charge is 2.48. The molecule has 0 spiro atoms. The Morgan fingerprint density at radius 2 is 1.65 bits per heavy atom. The van der Waals surface area contributed by atoms with Crippen LogP contribution in [0.25, 0.3) is 0 Å². The molecule has 2 amide bonds. The van der Waals surface area contributed by atoms with E-state index in [1.54, 1.807) is 0 Å². The summed E-state index contributed by atoms with van der Waals surface area (Å²) >= 11 is 0. The first kappa shape index (κ1) is 25.7. The largest absolute Gasteiger partial charge is 0.416 e. The van der Waals surface area contributed by atoms with Crippen LogP contribution in [0.4, 0.5) is 13.2 Å². The molecule has 2 N–H and O–H groups in total. The first-order chi connectivity index (χ1) is 17.7. The van der Waals surface area contributed by atoms with Crippen LogP contribution in [0.1, 0.15) is 60.0 Å². The summed E-state index contributed by atoms with van der Waals surface area (Å²) in [5.41, 5.74) is -0.837. The quantitative estimate of drug-likeness (QED) is 0.633. The first-order valence-corrected chi connectivity index (χ1v) is 12.9. The molecule has 1 saturated carbocycles. The second-order valence-corrected chi connectivity index (χ2v) is 10.4. The fourth-order valence-electron chi connectivity index (χ4n) is 6.43. The number of carbonyl (C=O) groups is 2. The third kappa shape index (κ3) is 5.25. The summed E-state index contributed by atoms with van der Waals surface area (Å²) in [6.07, 6.45) is 0.392. The Bertz CT molecular complexity index is 1130. The Kier molecular flexibility index (Phi) is 7.02. The number of hydrogen-bond acceptors (Lipinski definition) is 4. The zero-order chi connectivity index (χ0) is 26.2. The highest BCUT2D eigenvalue weighted by atomic mass is 19.4. The van der Waals surface area contributed by atoms with Gasteiger partial charge in [-0.1, -0.05) is 36.4 Å². The summed E-state index contributed by atoms with van der Waals surface area (Å²) in [5.74, 6) is -0.909. The molecular formula is C28H32F3N3O3. The van der Waals surface area contributed by atoms with Crippen LogP contribution in [-0.4, -0.2) is 64.5 Å². The summed E-state index contributed by atoms with van der Waals surface area (Å²) in [6, 6.07) is 14.7. The molecule has 2 heterocycles. The summed E-state index contributed by atoms with van der Waals surface area (Å²) in [5, 5.41) is 13.7. The summed E-state index contributed by atoms with van der Waals surface area (Å²) < 4.78 is 38.8. The Hall–Kier alpha value is -2.91. The van der Waals surface area contributed by atoms with Gasteiger partial charge >= 0.3 is 6.18 Å². The third-order valence-electron chi connectivity index (χ3n) is 8.35. The van der Waals surface area contributed by atoms with Crippen LogP contribution in [0.3, 0.4) is 0 Å². The van der Waals surface area contributed by atoms with E-state index in [4.69, 9.17) is 0 Å². The van der Waals surface area contributed by atoms with Gasteiger partial charge in [-0.3, -0.25) is 14.5 Å². The van der Waals surface area contributed by atoms with Crippen LogP contribution >= 0.6 is 0 Å². The predicted octanol–water partition coefficient (Wildman–Crippen LogP) is 3.94. The fraction of sp³-hybridized carbons (Fsp3) is 0.500. The molecule has 9 heteroatoms. The van der Waals surface area contributed by atoms with Crippen molar-refractivity contribution in [3.63, 3.8) is 0 Å². The van der Waals surface area contributed by atoms with E-state index in [0.29, 0.717) is 25.4 Å². The van der Waals surface area contributed by atoms with E-state index in [1.807, 2.05) is 35.2 Å². The van der Waals surface area contributed by atoms with Crippen LogP contribution in [0.5, 0.6) is 0 Å². The van der Waals surface area contributed by atoms with Gasteiger partial charge in [0.2, 0.25) is 5.91 Å². The van der Waals surface area contributed by atoms with Crippen molar-refractivity contribution in [3.8, 4) is 0 Å². The lowest BCUT2D eigenvalue weighted by Crippen LogP contribution is -2.47. The number of likely N-dealkylation sites (tertiary alicyclic amines) is 2. The standard InChI is InChI=1S/C28H32F3N3O3/c29-28(30,31)21-8-4-5-19(17-21)26(36)32-18-25(35)34-16-12-23-24(34)11-15-33(23)22-9-13-27(37,14-10-22)20-6-2-1-3-7-20/h1-8,17,22-24,37H,9-16,18H2,(H,32,36)/t22?,23-,24-,27?/m0/s1. The van der Waals surface area contributed by atoms with Crippen molar-refractivity contribution in [2.75, 3.05) is 19.6 Å². The molecule has 1 aliphatic carbocycles. The molecule has 6 nitrogen and oxygen atoms in total. The lowest BCUT2D eigenvalue weighted by Gasteiger charge is -2.41. The normalized spacial score (nSPS) is 28.2. The third-order valence-corrected chi connectivity index (χ3v) is 8.35. The monoisotopic (exact) mass is 515 g/mol. The summed E-state index contributed by atoms with van der Waals surface area (Å²) in [7, 11) is 0. The van der Waals surface area contributed by atoms with E-state index < -0.39 is 23.2 Å². The van der Waals surface area contributed by atoms with E-state index in [2.05, 4.69) is 10.2 Å². The topological polar surface area (TPSA) is 72.9 Å². The Labute approximate surface area is 214 Å². The second-order valence-electron chi connectivity index (χ2n) is 10.4. The van der Waals surface area contributed by atoms with E-state index in [1.165, 1.54) is 12.1 Å². The van der Waals surface area contributed by atoms with Crippen molar-refractivity contribution in [2.24, 2.45) is 0 Å². The van der Waals surface area contributed by atoms with Crippen LogP contribution < -0.4 is 5.32 Å². The van der Waals surface area contributed by atoms with Crippen molar-refractivity contribution >= 4 is 11.8 Å². The van der Waals surface area contributed by atoms with Gasteiger partial charge in [0.15, 0.2) is 0 Å². The van der Waals surface area contributed by atoms with Gasteiger partial charge < -0.3 is 15.3 Å². The molecule has 0 unspecified atom stereocenters. The Morgan fingerprint density at radius 3 is 2.35 bits per heavy atom. The number of hydrogen-bond donors (Lipinski definition) is 2. The number of benzene rings is 2. The zero-order valence-corrected chi connectivity index (χ0v) is 20.6. The summed E-state index contributed by atoms with van der Waals surface area (Å²) in [6.45, 7) is 1.25. The van der Waals surface area contributed by atoms with Gasteiger partial charge in [0, 0.05) is 36.8 Å². The van der Waals surface area contributed by atoms with Crippen molar-refractivity contribution < 1.29 is 27.9 Å². The maximum Gasteiger partial charge on any atom is 0.416 e. The Morgan fingerprint density at radius 1 is 0.946 bits per heavy atom. The molecule has 5 rings (SSSR count). The highest BCUT2D eigenvalue weighted by molar-refractivity contribution is 5.96.